The third-order valence-electron chi connectivity index (χ3n) is 4.93. The highest BCUT2D eigenvalue weighted by Crippen LogP contribution is 2.12. The van der Waals surface area contributed by atoms with E-state index in [0.29, 0.717) is 31.6 Å². The van der Waals surface area contributed by atoms with Crippen LogP contribution in [0.5, 0.6) is 0 Å². The lowest BCUT2D eigenvalue weighted by molar-refractivity contribution is -0.128. The summed E-state index contributed by atoms with van der Waals surface area (Å²) in [5.74, 6) is -0.966. The van der Waals surface area contributed by atoms with Gasteiger partial charge in [-0.3, -0.25) is 9.59 Å². The van der Waals surface area contributed by atoms with Gasteiger partial charge in [0, 0.05) is 19.3 Å². The van der Waals surface area contributed by atoms with Gasteiger partial charge in [-0.05, 0) is 57.0 Å². The van der Waals surface area contributed by atoms with E-state index >= 15 is 0 Å². The number of benzene rings is 1. The average molecular weight is 479 g/mol. The fourth-order valence-electron chi connectivity index (χ4n) is 3.02. The number of anilines is 1. The number of hydrogen-bond acceptors (Lipinski definition) is 6. The summed E-state index contributed by atoms with van der Waals surface area (Å²) in [5.41, 5.74) is 1.31. The fourth-order valence-corrected chi connectivity index (χ4v) is 3.02. The number of nitrogens with one attached hydrogen (secondary N) is 6. The molecule has 0 aliphatic carbocycles. The number of alkyl carbamates (subject to hydrolysis) is 1. The fraction of sp³-hybridized carbons (Fsp3) is 0.565. The van der Waals surface area contributed by atoms with E-state index in [2.05, 4.69) is 31.9 Å². The van der Waals surface area contributed by atoms with Gasteiger partial charge in [0.05, 0.1) is 0 Å². The van der Waals surface area contributed by atoms with Gasteiger partial charge in [-0.15, -0.1) is 0 Å². The number of ether oxygens (including phenoxy) is 1. The Labute approximate surface area is 201 Å². The van der Waals surface area contributed by atoms with Crippen LogP contribution in [-0.2, 0) is 20.9 Å². The molecule has 0 aliphatic rings. The SMILES string of the molecule is CCNC(=O)OCc1ccc(NC(=O)C(CCCNC)NC(=O)C(NC(=O)NC)C(C)C)cc1. The number of rotatable bonds is 13. The van der Waals surface area contributed by atoms with Crippen LogP contribution in [0.4, 0.5) is 15.3 Å². The van der Waals surface area contributed by atoms with Crippen LogP contribution in [0, 0.1) is 5.92 Å². The first kappa shape index (κ1) is 28.7. The Kier molecular flexibility index (Phi) is 13.1. The third kappa shape index (κ3) is 10.5. The summed E-state index contributed by atoms with van der Waals surface area (Å²) in [7, 11) is 3.28. The maximum Gasteiger partial charge on any atom is 0.407 e. The van der Waals surface area contributed by atoms with Crippen molar-refractivity contribution in [2.24, 2.45) is 5.92 Å². The molecule has 2 atom stereocenters. The summed E-state index contributed by atoms with van der Waals surface area (Å²) < 4.78 is 5.08. The molecule has 0 aromatic heterocycles. The maximum absolute atomic E-state index is 13.0. The van der Waals surface area contributed by atoms with Crippen LogP contribution in [0.2, 0.25) is 0 Å². The molecule has 1 aromatic rings. The van der Waals surface area contributed by atoms with Crippen molar-refractivity contribution in [2.75, 3.05) is 32.5 Å². The molecule has 0 bridgehead atoms. The molecule has 1 rings (SSSR count). The van der Waals surface area contributed by atoms with Crippen LogP contribution < -0.4 is 31.9 Å². The molecule has 0 heterocycles. The lowest BCUT2D eigenvalue weighted by Crippen LogP contribution is -2.55. The molecule has 2 unspecified atom stereocenters. The highest BCUT2D eigenvalue weighted by Gasteiger charge is 2.28. The molecule has 0 aliphatic heterocycles. The van der Waals surface area contributed by atoms with E-state index < -0.39 is 30.1 Å². The zero-order valence-corrected chi connectivity index (χ0v) is 20.6. The highest BCUT2D eigenvalue weighted by atomic mass is 16.5. The molecule has 34 heavy (non-hydrogen) atoms. The standard InChI is InChI=1S/C23H38N6O5/c1-6-26-23(33)34-14-16-9-11-17(12-10-16)27-20(30)18(8-7-13-24-4)28-21(31)19(15(2)3)29-22(32)25-5/h9-12,15,18-19,24H,6-8,13-14H2,1-5H3,(H,26,33)(H,27,30)(H,28,31)(H2,25,29,32). The lowest BCUT2D eigenvalue weighted by Gasteiger charge is -2.25. The average Bonchev–Trinajstić information content (AvgIpc) is 2.81. The maximum atomic E-state index is 13.0. The van der Waals surface area contributed by atoms with Gasteiger partial charge in [-0.2, -0.15) is 0 Å². The van der Waals surface area contributed by atoms with Crippen LogP contribution in [0.25, 0.3) is 0 Å². The minimum Gasteiger partial charge on any atom is -0.445 e. The zero-order chi connectivity index (χ0) is 25.5. The number of hydrogen-bond donors (Lipinski definition) is 6. The largest absolute Gasteiger partial charge is 0.445 e. The van der Waals surface area contributed by atoms with Crippen molar-refractivity contribution in [3.8, 4) is 0 Å². The van der Waals surface area contributed by atoms with Crippen LogP contribution in [0.1, 0.15) is 39.2 Å². The van der Waals surface area contributed by atoms with E-state index in [1.54, 1.807) is 31.2 Å². The van der Waals surface area contributed by atoms with Gasteiger partial charge in [0.25, 0.3) is 0 Å². The smallest absolute Gasteiger partial charge is 0.407 e. The van der Waals surface area contributed by atoms with Crippen molar-refractivity contribution in [1.29, 1.82) is 0 Å². The first-order valence-corrected chi connectivity index (χ1v) is 11.4. The van der Waals surface area contributed by atoms with Crippen molar-refractivity contribution in [2.45, 2.75) is 52.3 Å². The minimum atomic E-state index is -0.788. The zero-order valence-electron chi connectivity index (χ0n) is 20.6. The van der Waals surface area contributed by atoms with E-state index in [1.807, 2.05) is 20.9 Å². The second kappa shape index (κ2) is 15.5. The number of amides is 5. The summed E-state index contributed by atoms with van der Waals surface area (Å²) in [6, 6.07) is 4.84. The van der Waals surface area contributed by atoms with Crippen molar-refractivity contribution < 1.29 is 23.9 Å². The first-order chi connectivity index (χ1) is 16.2. The van der Waals surface area contributed by atoms with Gasteiger partial charge in [0.2, 0.25) is 11.8 Å². The molecule has 6 N–H and O–H groups in total. The molecule has 5 amide bonds. The molecule has 11 nitrogen and oxygen atoms in total. The van der Waals surface area contributed by atoms with E-state index in [-0.39, 0.29) is 18.4 Å². The molecule has 0 fully saturated rings. The Morgan fingerprint density at radius 1 is 0.971 bits per heavy atom. The summed E-state index contributed by atoms with van der Waals surface area (Å²) in [6.07, 6.45) is 0.590. The second-order valence-electron chi connectivity index (χ2n) is 8.04. The van der Waals surface area contributed by atoms with Gasteiger partial charge in [-0.25, -0.2) is 9.59 Å². The van der Waals surface area contributed by atoms with Gasteiger partial charge in [0.1, 0.15) is 18.7 Å². The molecule has 0 saturated carbocycles. The predicted octanol–water partition coefficient (Wildman–Crippen LogP) is 1.31. The minimum absolute atomic E-state index is 0.109. The Morgan fingerprint density at radius 3 is 2.21 bits per heavy atom. The lowest BCUT2D eigenvalue weighted by atomic mass is 10.0. The summed E-state index contributed by atoms with van der Waals surface area (Å²) in [4.78, 5) is 49.0. The predicted molar refractivity (Wildman–Crippen MR) is 130 cm³/mol. The van der Waals surface area contributed by atoms with Crippen molar-refractivity contribution >= 4 is 29.6 Å². The van der Waals surface area contributed by atoms with Crippen molar-refractivity contribution in [3.05, 3.63) is 29.8 Å². The van der Waals surface area contributed by atoms with Crippen molar-refractivity contribution in [3.63, 3.8) is 0 Å². The van der Waals surface area contributed by atoms with E-state index in [4.69, 9.17) is 4.74 Å². The van der Waals surface area contributed by atoms with Crippen LogP contribution in [-0.4, -0.2) is 63.2 Å². The summed E-state index contributed by atoms with van der Waals surface area (Å²) in [6.45, 7) is 6.70. The Balaban J connectivity index is 2.82. The molecule has 0 spiro atoms. The molecule has 1 aromatic carbocycles. The van der Waals surface area contributed by atoms with Crippen LogP contribution >= 0.6 is 0 Å². The Morgan fingerprint density at radius 2 is 1.65 bits per heavy atom. The van der Waals surface area contributed by atoms with E-state index in [1.165, 1.54) is 7.05 Å². The normalized spacial score (nSPS) is 12.3. The topological polar surface area (TPSA) is 150 Å². The third-order valence-corrected chi connectivity index (χ3v) is 4.93. The summed E-state index contributed by atoms with van der Waals surface area (Å²) >= 11 is 0. The molecular formula is C23H38N6O5. The number of urea groups is 1. The van der Waals surface area contributed by atoms with Gasteiger partial charge in [-0.1, -0.05) is 26.0 Å². The second-order valence-corrected chi connectivity index (χ2v) is 8.04. The number of carbonyl (C=O) groups excluding carboxylic acids is 4. The molecule has 0 saturated heterocycles. The number of carbonyl (C=O) groups is 4. The van der Waals surface area contributed by atoms with Crippen LogP contribution in [0.3, 0.4) is 0 Å². The molecule has 0 radical (unpaired) electrons. The Hall–Kier alpha value is -3.34. The van der Waals surface area contributed by atoms with E-state index in [0.717, 1.165) is 5.56 Å². The quantitative estimate of drug-likeness (QED) is 0.235. The van der Waals surface area contributed by atoms with Crippen LogP contribution in [0.15, 0.2) is 24.3 Å². The first-order valence-electron chi connectivity index (χ1n) is 11.4. The van der Waals surface area contributed by atoms with Gasteiger partial charge >= 0.3 is 12.1 Å². The monoisotopic (exact) mass is 478 g/mol. The van der Waals surface area contributed by atoms with Gasteiger partial charge < -0.3 is 36.6 Å². The molecule has 11 heteroatoms. The molecule has 190 valence electrons. The summed E-state index contributed by atoms with van der Waals surface area (Å²) in [5, 5.41) is 16.2. The Bertz CT molecular complexity index is 800. The van der Waals surface area contributed by atoms with E-state index in [9.17, 15) is 19.2 Å². The van der Waals surface area contributed by atoms with Crippen molar-refractivity contribution in [1.82, 2.24) is 26.6 Å². The highest BCUT2D eigenvalue weighted by molar-refractivity contribution is 5.98. The van der Waals surface area contributed by atoms with Gasteiger partial charge in [0.15, 0.2) is 0 Å². The molecular weight excluding hydrogens is 440 g/mol.